The summed E-state index contributed by atoms with van der Waals surface area (Å²) in [6, 6.07) is 12.2. The van der Waals surface area contributed by atoms with E-state index in [4.69, 9.17) is 10.3 Å². The number of benzene rings is 2. The summed E-state index contributed by atoms with van der Waals surface area (Å²) < 4.78 is 20.9. The molecule has 3 rings (SSSR count). The van der Waals surface area contributed by atoms with Crippen LogP contribution in [0.2, 0.25) is 0 Å². The predicted molar refractivity (Wildman–Crippen MR) is 87.1 cm³/mol. The summed E-state index contributed by atoms with van der Waals surface area (Å²) in [7, 11) is 0. The third-order valence-corrected chi connectivity index (χ3v) is 3.99. The van der Waals surface area contributed by atoms with E-state index in [2.05, 4.69) is 37.0 Å². The van der Waals surface area contributed by atoms with Crippen LogP contribution < -0.4 is 5.73 Å². The van der Waals surface area contributed by atoms with Crippen molar-refractivity contribution >= 4 is 37.7 Å². The maximum Gasteiger partial charge on any atom is 0.179 e. The summed E-state index contributed by atoms with van der Waals surface area (Å²) in [4.78, 5) is 0. The Kier molecular flexibility index (Phi) is 3.82. The summed E-state index contributed by atoms with van der Waals surface area (Å²) in [6.07, 6.45) is 0. The third-order valence-electron chi connectivity index (χ3n) is 3.01. The van der Waals surface area contributed by atoms with Crippen molar-refractivity contribution in [2.75, 3.05) is 5.73 Å². The highest BCUT2D eigenvalue weighted by atomic mass is 79.9. The molecule has 2 N–H and O–H groups in total. The molecule has 106 valence electrons. The lowest BCUT2D eigenvalue weighted by atomic mass is 10.0. The molecule has 0 aliphatic rings. The SMILES string of the molecule is Nc1noc(-c2ccc(Br)cc2F)c1-c1cccc(Br)c1. The Morgan fingerprint density at radius 3 is 2.52 bits per heavy atom. The molecular weight excluding hydrogens is 403 g/mol. The zero-order valence-corrected chi connectivity index (χ0v) is 13.8. The van der Waals surface area contributed by atoms with Crippen LogP contribution in [-0.2, 0) is 0 Å². The van der Waals surface area contributed by atoms with E-state index in [-0.39, 0.29) is 5.82 Å². The minimum absolute atomic E-state index is 0.227. The second-order valence-electron chi connectivity index (χ2n) is 4.41. The lowest BCUT2D eigenvalue weighted by Gasteiger charge is -2.05. The lowest BCUT2D eigenvalue weighted by molar-refractivity contribution is 0.433. The molecule has 0 amide bonds. The van der Waals surface area contributed by atoms with E-state index in [9.17, 15) is 4.39 Å². The van der Waals surface area contributed by atoms with E-state index in [0.717, 1.165) is 10.0 Å². The number of nitrogens with zero attached hydrogens (tertiary/aromatic N) is 1. The molecule has 0 atom stereocenters. The number of nitrogens with two attached hydrogens (primary N) is 1. The Morgan fingerprint density at radius 2 is 1.81 bits per heavy atom. The molecule has 0 aliphatic heterocycles. The summed E-state index contributed by atoms with van der Waals surface area (Å²) >= 11 is 6.63. The number of rotatable bonds is 2. The summed E-state index contributed by atoms with van der Waals surface area (Å²) in [6.45, 7) is 0. The zero-order valence-electron chi connectivity index (χ0n) is 10.6. The van der Waals surface area contributed by atoms with E-state index >= 15 is 0 Å². The van der Waals surface area contributed by atoms with Crippen LogP contribution in [0.25, 0.3) is 22.5 Å². The topological polar surface area (TPSA) is 52.0 Å². The van der Waals surface area contributed by atoms with Crippen LogP contribution >= 0.6 is 31.9 Å². The maximum atomic E-state index is 14.2. The van der Waals surface area contributed by atoms with Crippen molar-refractivity contribution in [2.45, 2.75) is 0 Å². The van der Waals surface area contributed by atoms with Gasteiger partial charge in [-0.25, -0.2) is 4.39 Å². The van der Waals surface area contributed by atoms with Crippen LogP contribution in [0.3, 0.4) is 0 Å². The summed E-state index contributed by atoms with van der Waals surface area (Å²) in [5.41, 5.74) is 7.59. The van der Waals surface area contributed by atoms with Gasteiger partial charge in [0.05, 0.1) is 11.1 Å². The molecule has 2 aromatic carbocycles. The summed E-state index contributed by atoms with van der Waals surface area (Å²) in [5, 5.41) is 3.77. The predicted octanol–water partition coefficient (Wildman–Crippen LogP) is 5.25. The van der Waals surface area contributed by atoms with Gasteiger partial charge in [0.15, 0.2) is 11.6 Å². The van der Waals surface area contributed by atoms with Crippen LogP contribution in [0.5, 0.6) is 0 Å². The first-order chi connectivity index (χ1) is 10.1. The molecule has 1 aromatic heterocycles. The molecule has 0 aliphatic carbocycles. The van der Waals surface area contributed by atoms with Gasteiger partial charge in [-0.1, -0.05) is 49.1 Å². The monoisotopic (exact) mass is 410 g/mol. The first kappa shape index (κ1) is 14.3. The largest absolute Gasteiger partial charge is 0.380 e. The van der Waals surface area contributed by atoms with Crippen molar-refractivity contribution in [3.8, 4) is 22.5 Å². The highest BCUT2D eigenvalue weighted by Gasteiger charge is 2.20. The smallest absolute Gasteiger partial charge is 0.179 e. The second-order valence-corrected chi connectivity index (χ2v) is 6.24. The van der Waals surface area contributed by atoms with Gasteiger partial charge in [-0.15, -0.1) is 0 Å². The quantitative estimate of drug-likeness (QED) is 0.626. The molecule has 1 heterocycles. The van der Waals surface area contributed by atoms with Gasteiger partial charge < -0.3 is 10.3 Å². The fourth-order valence-corrected chi connectivity index (χ4v) is 2.82. The Morgan fingerprint density at radius 1 is 1.05 bits per heavy atom. The Labute approximate surface area is 137 Å². The van der Waals surface area contributed by atoms with Crippen LogP contribution in [0, 0.1) is 5.82 Å². The average Bonchev–Trinajstić information content (AvgIpc) is 2.80. The molecule has 21 heavy (non-hydrogen) atoms. The van der Waals surface area contributed by atoms with E-state index in [1.54, 1.807) is 12.1 Å². The standard InChI is InChI=1S/C15H9Br2FN2O/c16-9-3-1-2-8(6-9)13-14(21-20-15(13)19)11-5-4-10(17)7-12(11)18/h1-7H,(H2,19,20). The molecular formula is C15H9Br2FN2O. The Bertz CT molecular complexity index is 817. The van der Waals surface area contributed by atoms with Gasteiger partial charge in [-0.2, -0.15) is 0 Å². The van der Waals surface area contributed by atoms with Crippen LogP contribution in [0.1, 0.15) is 0 Å². The molecule has 0 unspecified atom stereocenters. The molecule has 0 saturated carbocycles. The first-order valence-corrected chi connectivity index (χ1v) is 7.61. The van der Waals surface area contributed by atoms with Crippen LogP contribution in [0.15, 0.2) is 55.9 Å². The molecule has 0 fully saturated rings. The fourth-order valence-electron chi connectivity index (χ4n) is 2.08. The number of halogens is 3. The minimum atomic E-state index is -0.406. The van der Waals surface area contributed by atoms with E-state index in [1.807, 2.05) is 24.3 Å². The highest BCUT2D eigenvalue weighted by molar-refractivity contribution is 9.10. The van der Waals surface area contributed by atoms with Gasteiger partial charge in [0, 0.05) is 8.95 Å². The van der Waals surface area contributed by atoms with E-state index in [1.165, 1.54) is 6.07 Å². The van der Waals surface area contributed by atoms with Crippen molar-refractivity contribution in [3.05, 3.63) is 57.2 Å². The molecule has 0 bridgehead atoms. The molecule has 0 radical (unpaired) electrons. The molecule has 0 spiro atoms. The molecule has 6 heteroatoms. The van der Waals surface area contributed by atoms with Crippen molar-refractivity contribution in [2.24, 2.45) is 0 Å². The van der Waals surface area contributed by atoms with Crippen molar-refractivity contribution in [3.63, 3.8) is 0 Å². The minimum Gasteiger partial charge on any atom is -0.380 e. The fraction of sp³-hybridized carbons (Fsp3) is 0. The van der Waals surface area contributed by atoms with Crippen molar-refractivity contribution in [1.82, 2.24) is 5.16 Å². The van der Waals surface area contributed by atoms with Gasteiger partial charge in [-0.3, -0.25) is 0 Å². The van der Waals surface area contributed by atoms with Crippen molar-refractivity contribution in [1.29, 1.82) is 0 Å². The molecule has 0 saturated heterocycles. The van der Waals surface area contributed by atoms with Crippen LogP contribution in [0.4, 0.5) is 10.2 Å². The normalized spacial score (nSPS) is 10.8. The molecule has 3 aromatic rings. The van der Waals surface area contributed by atoms with Gasteiger partial charge in [0.25, 0.3) is 0 Å². The lowest BCUT2D eigenvalue weighted by Crippen LogP contribution is -1.90. The van der Waals surface area contributed by atoms with E-state index < -0.39 is 5.82 Å². The van der Waals surface area contributed by atoms with Crippen molar-refractivity contribution < 1.29 is 8.91 Å². The number of nitrogen functional groups attached to an aromatic ring is 1. The van der Waals surface area contributed by atoms with Crippen LogP contribution in [-0.4, -0.2) is 5.16 Å². The number of hydrogen-bond acceptors (Lipinski definition) is 3. The second kappa shape index (κ2) is 5.61. The maximum absolute atomic E-state index is 14.2. The number of aromatic nitrogens is 1. The Balaban J connectivity index is 2.22. The first-order valence-electron chi connectivity index (χ1n) is 6.03. The third kappa shape index (κ3) is 2.73. The van der Waals surface area contributed by atoms with Gasteiger partial charge in [-0.05, 0) is 35.9 Å². The summed E-state index contributed by atoms with van der Waals surface area (Å²) in [5.74, 6) is 0.137. The van der Waals surface area contributed by atoms with E-state index in [0.29, 0.717) is 21.4 Å². The van der Waals surface area contributed by atoms with Gasteiger partial charge >= 0.3 is 0 Å². The Hall–Kier alpha value is -1.66. The average molecular weight is 412 g/mol. The highest BCUT2D eigenvalue weighted by Crippen LogP contribution is 2.38. The zero-order chi connectivity index (χ0) is 15.0. The number of anilines is 1. The van der Waals surface area contributed by atoms with Gasteiger partial charge in [0.2, 0.25) is 0 Å². The van der Waals surface area contributed by atoms with Gasteiger partial charge in [0.1, 0.15) is 5.82 Å². The molecule has 3 nitrogen and oxygen atoms in total. The number of hydrogen-bond donors (Lipinski definition) is 1.